The lowest BCUT2D eigenvalue weighted by atomic mass is 9.99. The summed E-state index contributed by atoms with van der Waals surface area (Å²) >= 11 is 0. The van der Waals surface area contributed by atoms with Crippen LogP contribution in [0.3, 0.4) is 0 Å². The third kappa shape index (κ3) is 4.57. The van der Waals surface area contributed by atoms with Crippen molar-refractivity contribution in [2.24, 2.45) is 5.92 Å². The maximum Gasteiger partial charge on any atom is 0.119 e. The molecule has 0 saturated carbocycles. The van der Waals surface area contributed by atoms with Crippen LogP contribution in [0.25, 0.3) is 0 Å². The van der Waals surface area contributed by atoms with Gasteiger partial charge in [0.05, 0.1) is 0 Å². The van der Waals surface area contributed by atoms with Gasteiger partial charge in [-0.25, -0.2) is 0 Å². The molecule has 0 radical (unpaired) electrons. The zero-order chi connectivity index (χ0) is 13.7. The van der Waals surface area contributed by atoms with Crippen LogP contribution >= 0.6 is 0 Å². The molecule has 3 N–H and O–H groups in total. The van der Waals surface area contributed by atoms with Crippen molar-refractivity contribution in [3.05, 3.63) is 23.8 Å². The molecule has 0 bridgehead atoms. The third-order valence-electron chi connectivity index (χ3n) is 3.41. The Bertz CT molecular complexity index is 359. The van der Waals surface area contributed by atoms with E-state index in [-0.39, 0.29) is 17.5 Å². The van der Waals surface area contributed by atoms with Crippen molar-refractivity contribution in [2.45, 2.75) is 52.6 Å². The minimum atomic E-state index is 0.105. The van der Waals surface area contributed by atoms with Gasteiger partial charge in [-0.3, -0.25) is 0 Å². The van der Waals surface area contributed by atoms with E-state index in [1.165, 1.54) is 12.5 Å². The van der Waals surface area contributed by atoms with Gasteiger partial charge >= 0.3 is 0 Å². The number of phenols is 2. The fourth-order valence-electron chi connectivity index (χ4n) is 2.23. The van der Waals surface area contributed by atoms with Crippen LogP contribution in [0.2, 0.25) is 0 Å². The molecule has 3 heteroatoms. The van der Waals surface area contributed by atoms with Gasteiger partial charge in [-0.15, -0.1) is 0 Å². The molecule has 0 aliphatic heterocycles. The van der Waals surface area contributed by atoms with E-state index in [1.54, 1.807) is 12.1 Å². The smallest absolute Gasteiger partial charge is 0.119 e. The summed E-state index contributed by atoms with van der Waals surface area (Å²) in [5.41, 5.74) is 0.906. The summed E-state index contributed by atoms with van der Waals surface area (Å²) in [6, 6.07) is 5.25. The monoisotopic (exact) mass is 251 g/mol. The number of phenolic OH excluding ortho intramolecular Hbond substituents is 2. The summed E-state index contributed by atoms with van der Waals surface area (Å²) in [4.78, 5) is 0. The van der Waals surface area contributed by atoms with Gasteiger partial charge in [-0.2, -0.15) is 0 Å². The van der Waals surface area contributed by atoms with E-state index in [9.17, 15) is 10.2 Å². The SMILES string of the molecule is CCC(C)CC(C)NC(C)c1cc(O)cc(O)c1. The molecule has 102 valence electrons. The lowest BCUT2D eigenvalue weighted by Crippen LogP contribution is -2.30. The number of aromatic hydroxyl groups is 2. The zero-order valence-electron chi connectivity index (χ0n) is 11.8. The second-order valence-corrected chi connectivity index (χ2v) is 5.32. The molecule has 3 nitrogen and oxygen atoms in total. The molecule has 3 atom stereocenters. The fourth-order valence-corrected chi connectivity index (χ4v) is 2.23. The van der Waals surface area contributed by atoms with Gasteiger partial charge in [0.25, 0.3) is 0 Å². The molecule has 18 heavy (non-hydrogen) atoms. The van der Waals surface area contributed by atoms with Gasteiger partial charge in [-0.05, 0) is 43.9 Å². The van der Waals surface area contributed by atoms with E-state index in [2.05, 4.69) is 26.1 Å². The number of rotatable bonds is 6. The van der Waals surface area contributed by atoms with E-state index in [0.717, 1.165) is 12.0 Å². The van der Waals surface area contributed by atoms with Gasteiger partial charge in [0, 0.05) is 18.2 Å². The zero-order valence-corrected chi connectivity index (χ0v) is 11.8. The Morgan fingerprint density at radius 2 is 1.61 bits per heavy atom. The minimum absolute atomic E-state index is 0.105. The molecule has 1 aromatic carbocycles. The highest BCUT2D eigenvalue weighted by molar-refractivity contribution is 5.37. The van der Waals surface area contributed by atoms with Crippen molar-refractivity contribution in [3.63, 3.8) is 0 Å². The fraction of sp³-hybridized carbons (Fsp3) is 0.600. The first-order chi connectivity index (χ1) is 8.42. The van der Waals surface area contributed by atoms with Gasteiger partial charge in [0.2, 0.25) is 0 Å². The standard InChI is InChI=1S/C15H25NO2/c1-5-10(2)6-11(3)16-12(4)13-7-14(17)9-15(18)8-13/h7-12,16-18H,5-6H2,1-4H3. The number of nitrogens with one attached hydrogen (secondary N) is 1. The highest BCUT2D eigenvalue weighted by Gasteiger charge is 2.13. The molecule has 0 aromatic heterocycles. The molecular weight excluding hydrogens is 226 g/mol. The Morgan fingerprint density at radius 1 is 1.06 bits per heavy atom. The summed E-state index contributed by atoms with van der Waals surface area (Å²) in [6.45, 7) is 8.67. The quantitative estimate of drug-likeness (QED) is 0.724. The molecular formula is C15H25NO2. The molecule has 0 amide bonds. The average molecular weight is 251 g/mol. The van der Waals surface area contributed by atoms with Gasteiger partial charge in [-0.1, -0.05) is 20.3 Å². The van der Waals surface area contributed by atoms with Crippen LogP contribution in [0.4, 0.5) is 0 Å². The highest BCUT2D eigenvalue weighted by atomic mass is 16.3. The Balaban J connectivity index is 2.61. The summed E-state index contributed by atoms with van der Waals surface area (Å²) in [5.74, 6) is 0.915. The van der Waals surface area contributed by atoms with E-state index in [4.69, 9.17) is 0 Å². The summed E-state index contributed by atoms with van der Waals surface area (Å²) < 4.78 is 0. The van der Waals surface area contributed by atoms with Gasteiger partial charge in [0.1, 0.15) is 11.5 Å². The van der Waals surface area contributed by atoms with Crippen molar-refractivity contribution >= 4 is 0 Å². The Kier molecular flexibility index (Phi) is 5.48. The van der Waals surface area contributed by atoms with Crippen molar-refractivity contribution in [1.82, 2.24) is 5.32 Å². The predicted octanol–water partition coefficient (Wildman–Crippen LogP) is 3.57. The van der Waals surface area contributed by atoms with E-state index in [1.807, 2.05) is 6.92 Å². The minimum Gasteiger partial charge on any atom is -0.508 e. The molecule has 1 aromatic rings. The van der Waals surface area contributed by atoms with Crippen molar-refractivity contribution < 1.29 is 10.2 Å². The van der Waals surface area contributed by atoms with Gasteiger partial charge in [0.15, 0.2) is 0 Å². The second kappa shape index (κ2) is 6.64. The second-order valence-electron chi connectivity index (χ2n) is 5.32. The topological polar surface area (TPSA) is 52.5 Å². The van der Waals surface area contributed by atoms with Crippen LogP contribution in [0.1, 0.15) is 52.1 Å². The summed E-state index contributed by atoms with van der Waals surface area (Å²) in [7, 11) is 0. The third-order valence-corrected chi connectivity index (χ3v) is 3.41. The van der Waals surface area contributed by atoms with Crippen LogP contribution in [-0.2, 0) is 0 Å². The summed E-state index contributed by atoms with van der Waals surface area (Å²) in [6.07, 6.45) is 2.32. The van der Waals surface area contributed by atoms with Gasteiger partial charge < -0.3 is 15.5 Å². The maximum absolute atomic E-state index is 9.47. The van der Waals surface area contributed by atoms with Crippen LogP contribution in [-0.4, -0.2) is 16.3 Å². The molecule has 1 rings (SSSR count). The molecule has 0 aliphatic rings. The van der Waals surface area contributed by atoms with Crippen LogP contribution in [0.15, 0.2) is 18.2 Å². The Morgan fingerprint density at radius 3 is 2.11 bits per heavy atom. The Labute approximate surface area is 110 Å². The molecule has 0 saturated heterocycles. The Hall–Kier alpha value is -1.22. The maximum atomic E-state index is 9.47. The molecule has 0 spiro atoms. The first kappa shape index (κ1) is 14.8. The number of benzene rings is 1. The number of hydrogen-bond donors (Lipinski definition) is 3. The highest BCUT2D eigenvalue weighted by Crippen LogP contribution is 2.25. The van der Waals surface area contributed by atoms with Crippen LogP contribution in [0.5, 0.6) is 11.5 Å². The van der Waals surface area contributed by atoms with Crippen LogP contribution in [0, 0.1) is 5.92 Å². The van der Waals surface area contributed by atoms with Crippen LogP contribution < -0.4 is 5.32 Å². The van der Waals surface area contributed by atoms with E-state index < -0.39 is 0 Å². The largest absolute Gasteiger partial charge is 0.508 e. The molecule has 0 fully saturated rings. The van der Waals surface area contributed by atoms with Crippen molar-refractivity contribution in [2.75, 3.05) is 0 Å². The van der Waals surface area contributed by atoms with E-state index in [0.29, 0.717) is 12.0 Å². The van der Waals surface area contributed by atoms with Crippen molar-refractivity contribution in [3.8, 4) is 11.5 Å². The normalized spacial score (nSPS) is 16.2. The lowest BCUT2D eigenvalue weighted by Gasteiger charge is -2.23. The lowest BCUT2D eigenvalue weighted by molar-refractivity contribution is 0.383. The predicted molar refractivity (Wildman–Crippen MR) is 74.9 cm³/mol. The average Bonchev–Trinajstić information content (AvgIpc) is 2.27. The van der Waals surface area contributed by atoms with E-state index >= 15 is 0 Å². The number of hydrogen-bond acceptors (Lipinski definition) is 3. The van der Waals surface area contributed by atoms with Crippen molar-refractivity contribution in [1.29, 1.82) is 0 Å². The molecule has 0 heterocycles. The molecule has 3 unspecified atom stereocenters. The first-order valence-electron chi connectivity index (χ1n) is 6.71. The molecule has 0 aliphatic carbocycles. The summed E-state index contributed by atoms with van der Waals surface area (Å²) in [5, 5.41) is 22.4. The first-order valence-corrected chi connectivity index (χ1v) is 6.71.